The molecule has 1 aliphatic heterocycles. The predicted molar refractivity (Wildman–Crippen MR) is 134 cm³/mol. The van der Waals surface area contributed by atoms with Gasteiger partial charge in [0, 0.05) is 34.7 Å². The number of benzene rings is 2. The van der Waals surface area contributed by atoms with Gasteiger partial charge in [-0.25, -0.2) is 14.2 Å². The number of carbonyl (C=O) groups excluding carboxylic acids is 2. The fourth-order valence-corrected chi connectivity index (χ4v) is 5.14. The van der Waals surface area contributed by atoms with Crippen molar-refractivity contribution in [2.45, 2.75) is 32.1 Å². The maximum Gasteiger partial charge on any atom is 0.314 e. The predicted octanol–water partition coefficient (Wildman–Crippen LogP) is 5.97. The highest BCUT2D eigenvalue weighted by molar-refractivity contribution is 7.09. The Labute approximate surface area is 206 Å². The van der Waals surface area contributed by atoms with Crippen LogP contribution in [0.5, 0.6) is 0 Å². The lowest BCUT2D eigenvalue weighted by atomic mass is 9.92. The van der Waals surface area contributed by atoms with E-state index in [2.05, 4.69) is 10.3 Å². The van der Waals surface area contributed by atoms with Crippen LogP contribution < -0.4 is 11.1 Å². The number of amides is 3. The summed E-state index contributed by atoms with van der Waals surface area (Å²) in [6.45, 7) is 1.45. The molecular formula is C25H26ClFN4O2S. The first kappa shape index (κ1) is 24.2. The SMILES string of the molecule is NC(=O)N1CCC(CCCc2nc(C(=O)Nc3ccc(F)cc3-c3ccc(Cl)cc3)cs2)CC1. The number of thiazole rings is 1. The lowest BCUT2D eigenvalue weighted by molar-refractivity contribution is 0.102. The molecule has 0 bridgehead atoms. The van der Waals surface area contributed by atoms with E-state index >= 15 is 0 Å². The normalized spacial score (nSPS) is 14.2. The summed E-state index contributed by atoms with van der Waals surface area (Å²) in [5.41, 5.74) is 7.52. The Morgan fingerprint density at radius 1 is 1.18 bits per heavy atom. The molecular weight excluding hydrogens is 475 g/mol. The second kappa shape index (κ2) is 11.0. The highest BCUT2D eigenvalue weighted by atomic mass is 35.5. The van der Waals surface area contributed by atoms with Gasteiger partial charge in [0.1, 0.15) is 11.5 Å². The summed E-state index contributed by atoms with van der Waals surface area (Å²) in [5, 5.41) is 6.11. The Balaban J connectivity index is 1.33. The maximum absolute atomic E-state index is 13.9. The van der Waals surface area contributed by atoms with Crippen LogP contribution in [0, 0.1) is 11.7 Å². The van der Waals surface area contributed by atoms with Gasteiger partial charge in [-0.15, -0.1) is 11.3 Å². The van der Waals surface area contributed by atoms with Crippen molar-refractivity contribution in [1.82, 2.24) is 9.88 Å². The number of halogens is 2. The van der Waals surface area contributed by atoms with Gasteiger partial charge in [0.15, 0.2) is 0 Å². The molecule has 6 nitrogen and oxygen atoms in total. The summed E-state index contributed by atoms with van der Waals surface area (Å²) in [4.78, 5) is 30.3. The van der Waals surface area contributed by atoms with Crippen LogP contribution in [-0.2, 0) is 6.42 Å². The molecule has 0 atom stereocenters. The zero-order valence-electron chi connectivity index (χ0n) is 18.6. The number of piperidine rings is 1. The Morgan fingerprint density at radius 3 is 2.62 bits per heavy atom. The number of rotatable bonds is 7. The molecule has 34 heavy (non-hydrogen) atoms. The lowest BCUT2D eigenvalue weighted by Crippen LogP contribution is -2.41. The number of carbonyl (C=O) groups is 2. The number of aryl methyl sites for hydroxylation is 1. The molecule has 2 aromatic carbocycles. The van der Waals surface area contributed by atoms with E-state index in [0.29, 0.717) is 27.9 Å². The van der Waals surface area contributed by atoms with Crippen molar-refractivity contribution in [1.29, 1.82) is 0 Å². The first-order valence-corrected chi connectivity index (χ1v) is 12.5. The number of anilines is 1. The Kier molecular flexibility index (Phi) is 7.80. The van der Waals surface area contributed by atoms with Crippen molar-refractivity contribution < 1.29 is 14.0 Å². The molecule has 9 heteroatoms. The third kappa shape index (κ3) is 6.12. The highest BCUT2D eigenvalue weighted by Gasteiger charge is 2.21. The van der Waals surface area contributed by atoms with E-state index in [1.54, 1.807) is 40.6 Å². The number of aromatic nitrogens is 1. The van der Waals surface area contributed by atoms with Gasteiger partial charge < -0.3 is 16.0 Å². The van der Waals surface area contributed by atoms with E-state index in [0.717, 1.165) is 55.8 Å². The minimum atomic E-state index is -0.390. The fraction of sp³-hybridized carbons (Fsp3) is 0.320. The molecule has 1 saturated heterocycles. The first-order valence-electron chi connectivity index (χ1n) is 11.2. The summed E-state index contributed by atoms with van der Waals surface area (Å²) in [7, 11) is 0. The van der Waals surface area contributed by atoms with E-state index in [1.807, 2.05) is 0 Å². The number of hydrogen-bond acceptors (Lipinski definition) is 4. The summed E-state index contributed by atoms with van der Waals surface area (Å²) in [6.07, 6.45) is 4.80. The van der Waals surface area contributed by atoms with Crippen LogP contribution in [0.4, 0.5) is 14.9 Å². The quantitative estimate of drug-likeness (QED) is 0.419. The van der Waals surface area contributed by atoms with Gasteiger partial charge in [-0.05, 0) is 73.9 Å². The van der Waals surface area contributed by atoms with Crippen LogP contribution >= 0.6 is 22.9 Å². The summed E-state index contributed by atoms with van der Waals surface area (Å²) in [6, 6.07) is 10.9. The zero-order valence-corrected chi connectivity index (χ0v) is 20.2. The average Bonchev–Trinajstić information content (AvgIpc) is 3.30. The molecule has 1 aliphatic rings. The Hall–Kier alpha value is -2.97. The Bertz CT molecular complexity index is 1160. The number of primary amides is 1. The minimum absolute atomic E-state index is 0.330. The van der Waals surface area contributed by atoms with Crippen molar-refractivity contribution in [2.75, 3.05) is 18.4 Å². The van der Waals surface area contributed by atoms with Crippen molar-refractivity contribution in [3.05, 3.63) is 69.4 Å². The fourth-order valence-electron chi connectivity index (χ4n) is 4.19. The molecule has 3 N–H and O–H groups in total. The molecule has 3 aromatic rings. The zero-order chi connectivity index (χ0) is 24.1. The standard InChI is InChI=1S/C25H26ClFN4O2S/c26-18-6-4-17(5-7-18)20-14-19(27)8-9-21(20)30-24(32)22-15-34-23(29-22)3-1-2-16-10-12-31(13-11-16)25(28)33/h4-9,14-16H,1-3,10-13H2,(H2,28,33)(H,30,32). The molecule has 0 unspecified atom stereocenters. The van der Waals surface area contributed by atoms with Crippen LogP contribution in [0.1, 0.15) is 41.2 Å². The average molecular weight is 501 g/mol. The number of likely N-dealkylation sites (tertiary alicyclic amines) is 1. The molecule has 0 saturated carbocycles. The maximum atomic E-state index is 13.9. The summed E-state index contributed by atoms with van der Waals surface area (Å²) < 4.78 is 13.9. The monoisotopic (exact) mass is 500 g/mol. The van der Waals surface area contributed by atoms with Gasteiger partial charge >= 0.3 is 6.03 Å². The highest BCUT2D eigenvalue weighted by Crippen LogP contribution is 2.30. The number of nitrogens with zero attached hydrogens (tertiary/aromatic N) is 2. The van der Waals surface area contributed by atoms with E-state index < -0.39 is 0 Å². The first-order chi connectivity index (χ1) is 16.4. The van der Waals surface area contributed by atoms with Crippen molar-refractivity contribution in [3.63, 3.8) is 0 Å². The van der Waals surface area contributed by atoms with Gasteiger partial charge in [-0.2, -0.15) is 0 Å². The van der Waals surface area contributed by atoms with Crippen LogP contribution in [0.2, 0.25) is 5.02 Å². The van der Waals surface area contributed by atoms with Crippen LogP contribution in [0.15, 0.2) is 47.8 Å². The van der Waals surface area contributed by atoms with Crippen LogP contribution in [0.25, 0.3) is 11.1 Å². The van der Waals surface area contributed by atoms with Crippen molar-refractivity contribution in [3.8, 4) is 11.1 Å². The second-order valence-electron chi connectivity index (χ2n) is 8.44. The van der Waals surface area contributed by atoms with E-state index in [1.165, 1.54) is 23.5 Å². The van der Waals surface area contributed by atoms with Gasteiger partial charge in [-0.3, -0.25) is 4.79 Å². The van der Waals surface area contributed by atoms with Crippen LogP contribution in [0.3, 0.4) is 0 Å². The van der Waals surface area contributed by atoms with Gasteiger partial charge in [0.25, 0.3) is 5.91 Å². The van der Waals surface area contributed by atoms with Gasteiger partial charge in [0.2, 0.25) is 0 Å². The van der Waals surface area contributed by atoms with Crippen molar-refractivity contribution >= 4 is 40.6 Å². The van der Waals surface area contributed by atoms with E-state index in [9.17, 15) is 14.0 Å². The molecule has 0 aliphatic carbocycles. The van der Waals surface area contributed by atoms with E-state index in [4.69, 9.17) is 17.3 Å². The second-order valence-corrected chi connectivity index (χ2v) is 9.82. The molecule has 4 rings (SSSR count). The van der Waals surface area contributed by atoms with Crippen molar-refractivity contribution in [2.24, 2.45) is 11.7 Å². The van der Waals surface area contributed by atoms with E-state index in [-0.39, 0.29) is 17.8 Å². The minimum Gasteiger partial charge on any atom is -0.351 e. The molecule has 2 heterocycles. The van der Waals surface area contributed by atoms with Crippen LogP contribution in [-0.4, -0.2) is 34.9 Å². The Morgan fingerprint density at radius 2 is 1.91 bits per heavy atom. The topological polar surface area (TPSA) is 88.3 Å². The third-order valence-electron chi connectivity index (χ3n) is 6.10. The molecule has 1 fully saturated rings. The lowest BCUT2D eigenvalue weighted by Gasteiger charge is -2.30. The molecule has 1 aromatic heterocycles. The van der Waals surface area contributed by atoms with Gasteiger partial charge in [-0.1, -0.05) is 23.7 Å². The third-order valence-corrected chi connectivity index (χ3v) is 7.26. The number of hydrogen-bond donors (Lipinski definition) is 2. The number of nitrogens with two attached hydrogens (primary N) is 1. The molecule has 0 radical (unpaired) electrons. The molecule has 3 amide bonds. The summed E-state index contributed by atoms with van der Waals surface area (Å²) >= 11 is 7.43. The largest absolute Gasteiger partial charge is 0.351 e. The smallest absolute Gasteiger partial charge is 0.314 e. The molecule has 178 valence electrons. The summed E-state index contributed by atoms with van der Waals surface area (Å²) in [5.74, 6) is -0.134. The number of nitrogens with one attached hydrogen (secondary N) is 1. The molecule has 0 spiro atoms. The van der Waals surface area contributed by atoms with Gasteiger partial charge in [0.05, 0.1) is 5.01 Å². The number of urea groups is 1.